The van der Waals surface area contributed by atoms with Gasteiger partial charge in [-0.05, 0) is 39.2 Å². The van der Waals surface area contributed by atoms with Crippen LogP contribution in [0.3, 0.4) is 0 Å². The van der Waals surface area contributed by atoms with E-state index in [-0.39, 0.29) is 11.9 Å². The zero-order chi connectivity index (χ0) is 13.5. The maximum atomic E-state index is 12.0. The van der Waals surface area contributed by atoms with Crippen molar-refractivity contribution >= 4 is 5.91 Å². The van der Waals surface area contributed by atoms with Crippen molar-refractivity contribution in [1.82, 2.24) is 19.8 Å². The van der Waals surface area contributed by atoms with Crippen LogP contribution in [0.5, 0.6) is 0 Å². The first-order valence-corrected chi connectivity index (χ1v) is 7.25. The van der Waals surface area contributed by atoms with E-state index in [1.54, 1.807) is 6.20 Å². The van der Waals surface area contributed by atoms with E-state index in [0.717, 1.165) is 51.9 Å². The molecule has 1 N–H and O–H groups in total. The second-order valence-electron chi connectivity index (χ2n) is 5.22. The molecule has 5 heteroatoms. The van der Waals surface area contributed by atoms with Gasteiger partial charge in [0.1, 0.15) is 0 Å². The summed E-state index contributed by atoms with van der Waals surface area (Å²) in [5, 5.41) is 3.32. The first-order valence-electron chi connectivity index (χ1n) is 7.25. The first kappa shape index (κ1) is 14.1. The molecule has 2 heterocycles. The van der Waals surface area contributed by atoms with Crippen LogP contribution in [-0.2, 0) is 11.3 Å². The number of carbonyl (C=O) groups excluding carboxylic acids is 1. The van der Waals surface area contributed by atoms with Gasteiger partial charge in [0.2, 0.25) is 5.91 Å². The molecule has 1 aliphatic rings. The highest BCUT2D eigenvalue weighted by molar-refractivity contribution is 5.81. The molecular weight excluding hydrogens is 240 g/mol. The third-order valence-electron chi connectivity index (χ3n) is 3.64. The number of rotatable bonds is 7. The lowest BCUT2D eigenvalue weighted by molar-refractivity contribution is -0.131. The highest BCUT2D eigenvalue weighted by Crippen LogP contribution is 2.08. The van der Waals surface area contributed by atoms with Crippen LogP contribution in [0.1, 0.15) is 32.6 Å². The zero-order valence-electron chi connectivity index (χ0n) is 11.7. The summed E-state index contributed by atoms with van der Waals surface area (Å²) in [4.78, 5) is 18.0. The minimum atomic E-state index is -0.0497. The van der Waals surface area contributed by atoms with Crippen LogP contribution < -0.4 is 5.32 Å². The van der Waals surface area contributed by atoms with E-state index in [1.165, 1.54) is 0 Å². The van der Waals surface area contributed by atoms with E-state index >= 15 is 0 Å². The number of nitrogens with zero attached hydrogens (tertiary/aromatic N) is 3. The van der Waals surface area contributed by atoms with Crippen LogP contribution in [0, 0.1) is 0 Å². The molecule has 5 nitrogen and oxygen atoms in total. The monoisotopic (exact) mass is 264 g/mol. The quantitative estimate of drug-likeness (QED) is 0.754. The van der Waals surface area contributed by atoms with Crippen molar-refractivity contribution in [2.45, 2.75) is 45.2 Å². The van der Waals surface area contributed by atoms with Gasteiger partial charge in [0, 0.05) is 32.0 Å². The van der Waals surface area contributed by atoms with Gasteiger partial charge in [-0.3, -0.25) is 4.79 Å². The van der Waals surface area contributed by atoms with Gasteiger partial charge >= 0.3 is 0 Å². The summed E-state index contributed by atoms with van der Waals surface area (Å²) >= 11 is 0. The number of hydrogen-bond donors (Lipinski definition) is 1. The summed E-state index contributed by atoms with van der Waals surface area (Å²) in [7, 11) is 0. The van der Waals surface area contributed by atoms with E-state index in [4.69, 9.17) is 0 Å². The van der Waals surface area contributed by atoms with Crippen LogP contribution in [0.2, 0.25) is 0 Å². The number of imidazole rings is 1. The summed E-state index contributed by atoms with van der Waals surface area (Å²) in [6, 6.07) is -0.0497. The molecule has 1 saturated heterocycles. The molecule has 106 valence electrons. The molecular formula is C14H24N4O. The van der Waals surface area contributed by atoms with Crippen LogP contribution in [0.25, 0.3) is 0 Å². The van der Waals surface area contributed by atoms with Crippen molar-refractivity contribution in [3.05, 3.63) is 18.7 Å². The van der Waals surface area contributed by atoms with E-state index < -0.39 is 0 Å². The fraction of sp³-hybridized carbons (Fsp3) is 0.714. The maximum Gasteiger partial charge on any atom is 0.239 e. The number of aromatic nitrogens is 2. The highest BCUT2D eigenvalue weighted by Gasteiger charge is 2.22. The fourth-order valence-electron chi connectivity index (χ4n) is 2.46. The van der Waals surface area contributed by atoms with Crippen LogP contribution >= 0.6 is 0 Å². The van der Waals surface area contributed by atoms with E-state index in [1.807, 2.05) is 24.3 Å². The van der Waals surface area contributed by atoms with E-state index in [9.17, 15) is 4.79 Å². The molecule has 0 bridgehead atoms. The molecule has 0 saturated carbocycles. The summed E-state index contributed by atoms with van der Waals surface area (Å²) in [5.41, 5.74) is 0. The maximum absolute atomic E-state index is 12.0. The Hall–Kier alpha value is -1.36. The highest BCUT2D eigenvalue weighted by atomic mass is 16.2. The van der Waals surface area contributed by atoms with Crippen LogP contribution in [0.4, 0.5) is 0 Å². The molecule has 1 aliphatic heterocycles. The summed E-state index contributed by atoms with van der Waals surface area (Å²) < 4.78 is 2.08. The van der Waals surface area contributed by atoms with Crippen LogP contribution in [-0.4, -0.2) is 46.0 Å². The minimum absolute atomic E-state index is 0.0497. The molecule has 1 fully saturated rings. The Bertz CT molecular complexity index is 371. The Kier molecular flexibility index (Phi) is 5.39. The van der Waals surface area contributed by atoms with E-state index in [0.29, 0.717) is 0 Å². The largest absolute Gasteiger partial charge is 0.341 e. The second-order valence-corrected chi connectivity index (χ2v) is 5.22. The Morgan fingerprint density at radius 2 is 2.16 bits per heavy atom. The smallest absolute Gasteiger partial charge is 0.239 e. The first-order chi connectivity index (χ1) is 9.27. The topological polar surface area (TPSA) is 50.2 Å². The third-order valence-corrected chi connectivity index (χ3v) is 3.64. The van der Waals surface area contributed by atoms with Gasteiger partial charge in [-0.15, -0.1) is 0 Å². The van der Waals surface area contributed by atoms with Crippen molar-refractivity contribution in [2.75, 3.05) is 19.6 Å². The van der Waals surface area contributed by atoms with Gasteiger partial charge in [-0.2, -0.15) is 0 Å². The number of carbonyl (C=O) groups is 1. The van der Waals surface area contributed by atoms with Crippen molar-refractivity contribution in [3.63, 3.8) is 0 Å². The SMILES string of the molecule is CC(NCCCCn1ccnc1)C(=O)N1CCCC1. The molecule has 0 spiro atoms. The predicted molar refractivity (Wildman–Crippen MR) is 74.7 cm³/mol. The van der Waals surface area contributed by atoms with Crippen molar-refractivity contribution in [2.24, 2.45) is 0 Å². The fourth-order valence-corrected chi connectivity index (χ4v) is 2.46. The molecule has 19 heavy (non-hydrogen) atoms. The average molecular weight is 264 g/mol. The molecule has 2 rings (SSSR count). The van der Waals surface area contributed by atoms with Gasteiger partial charge in [0.15, 0.2) is 0 Å². The normalized spacial score (nSPS) is 16.8. The number of likely N-dealkylation sites (tertiary alicyclic amines) is 1. The van der Waals surface area contributed by atoms with Crippen molar-refractivity contribution in [1.29, 1.82) is 0 Å². The molecule has 1 amide bonds. The van der Waals surface area contributed by atoms with Gasteiger partial charge < -0.3 is 14.8 Å². The van der Waals surface area contributed by atoms with Crippen molar-refractivity contribution in [3.8, 4) is 0 Å². The summed E-state index contributed by atoms with van der Waals surface area (Å²) in [6.45, 7) is 5.74. The second kappa shape index (κ2) is 7.28. The third kappa shape index (κ3) is 4.35. The average Bonchev–Trinajstić information content (AvgIpc) is 3.10. The minimum Gasteiger partial charge on any atom is -0.341 e. The lowest BCUT2D eigenvalue weighted by atomic mass is 10.2. The standard InChI is InChI=1S/C14H24N4O/c1-13(14(19)18-9-4-5-10-18)16-6-2-3-8-17-11-7-15-12-17/h7,11-13,16H,2-6,8-10H2,1H3. The summed E-state index contributed by atoms with van der Waals surface area (Å²) in [5.74, 6) is 0.257. The Balaban J connectivity index is 1.55. The molecule has 1 aromatic rings. The van der Waals surface area contributed by atoms with Gasteiger partial charge in [-0.1, -0.05) is 0 Å². The van der Waals surface area contributed by atoms with Gasteiger partial charge in [0.05, 0.1) is 12.4 Å². The molecule has 1 atom stereocenters. The Morgan fingerprint density at radius 3 is 2.84 bits per heavy atom. The molecule has 1 unspecified atom stereocenters. The van der Waals surface area contributed by atoms with Gasteiger partial charge in [-0.25, -0.2) is 4.98 Å². The molecule has 0 aromatic carbocycles. The summed E-state index contributed by atoms with van der Waals surface area (Å²) in [6.07, 6.45) is 10.1. The van der Waals surface area contributed by atoms with Gasteiger partial charge in [0.25, 0.3) is 0 Å². The number of aryl methyl sites for hydroxylation is 1. The molecule has 1 aromatic heterocycles. The Morgan fingerprint density at radius 1 is 1.37 bits per heavy atom. The number of hydrogen-bond acceptors (Lipinski definition) is 3. The molecule has 0 radical (unpaired) electrons. The predicted octanol–water partition coefficient (Wildman–Crippen LogP) is 1.26. The zero-order valence-corrected chi connectivity index (χ0v) is 11.7. The van der Waals surface area contributed by atoms with E-state index in [2.05, 4.69) is 14.9 Å². The number of amides is 1. The lowest BCUT2D eigenvalue weighted by Crippen LogP contribution is -2.43. The number of unbranched alkanes of at least 4 members (excludes halogenated alkanes) is 1. The number of nitrogens with one attached hydrogen (secondary N) is 1. The lowest BCUT2D eigenvalue weighted by Gasteiger charge is -2.21. The van der Waals surface area contributed by atoms with Crippen LogP contribution in [0.15, 0.2) is 18.7 Å². The van der Waals surface area contributed by atoms with Crippen molar-refractivity contribution < 1.29 is 4.79 Å². The molecule has 0 aliphatic carbocycles. The Labute approximate surface area is 115 Å².